The number of hydrogen-bond acceptors (Lipinski definition) is 6. The van der Waals surface area contributed by atoms with E-state index in [0.29, 0.717) is 23.5 Å². The maximum atomic E-state index is 14.0. The molecule has 40 heavy (non-hydrogen) atoms. The molecule has 208 valence electrons. The second-order valence-corrected chi connectivity index (χ2v) is 10.2. The van der Waals surface area contributed by atoms with Gasteiger partial charge in [-0.25, -0.2) is 4.79 Å². The Morgan fingerprint density at radius 1 is 1.05 bits per heavy atom. The van der Waals surface area contributed by atoms with Crippen LogP contribution in [0.4, 0.5) is 0 Å². The van der Waals surface area contributed by atoms with Crippen molar-refractivity contribution in [2.75, 3.05) is 13.7 Å². The molecule has 1 fully saturated rings. The Morgan fingerprint density at radius 3 is 2.52 bits per heavy atom. The monoisotopic (exact) mass is 542 g/mol. The lowest BCUT2D eigenvalue weighted by atomic mass is 9.85. The van der Waals surface area contributed by atoms with Crippen molar-refractivity contribution in [3.8, 4) is 0 Å². The van der Waals surface area contributed by atoms with Gasteiger partial charge in [-0.3, -0.25) is 9.59 Å². The molecule has 9 nitrogen and oxygen atoms in total. The van der Waals surface area contributed by atoms with Gasteiger partial charge in [0, 0.05) is 41.2 Å². The minimum atomic E-state index is -1.58. The first-order valence-electron chi connectivity index (χ1n) is 13.7. The van der Waals surface area contributed by atoms with Crippen LogP contribution in [0.25, 0.3) is 21.8 Å². The lowest BCUT2D eigenvalue weighted by Crippen LogP contribution is -2.54. The summed E-state index contributed by atoms with van der Waals surface area (Å²) in [5, 5.41) is 6.04. The van der Waals surface area contributed by atoms with Crippen LogP contribution in [0.2, 0.25) is 0 Å². The smallest absolute Gasteiger partial charge is 0.348 e. The molecule has 0 saturated carbocycles. The highest BCUT2D eigenvalue weighted by atomic mass is 16.6. The van der Waals surface area contributed by atoms with Crippen LogP contribution in [0, 0.1) is 0 Å². The van der Waals surface area contributed by atoms with Crippen molar-refractivity contribution in [2.24, 2.45) is 10.9 Å². The van der Waals surface area contributed by atoms with E-state index in [0.717, 1.165) is 47.6 Å². The molecule has 0 spiro atoms. The lowest BCUT2D eigenvalue weighted by Gasteiger charge is -2.35. The Hall–Kier alpha value is -4.40. The number of carbonyl (C=O) groups is 2. The first kappa shape index (κ1) is 27.2. The fourth-order valence-corrected chi connectivity index (χ4v) is 5.91. The summed E-state index contributed by atoms with van der Waals surface area (Å²) in [6.07, 6.45) is 3.60. The van der Waals surface area contributed by atoms with E-state index in [1.807, 2.05) is 36.4 Å². The predicted octanol–water partition coefficient (Wildman–Crippen LogP) is 4.73. The summed E-state index contributed by atoms with van der Waals surface area (Å²) in [4.78, 5) is 46.7. The van der Waals surface area contributed by atoms with Crippen LogP contribution in [0.3, 0.4) is 0 Å². The van der Waals surface area contributed by atoms with E-state index >= 15 is 0 Å². The zero-order valence-corrected chi connectivity index (χ0v) is 23.1. The molecule has 1 atom stereocenters. The molecule has 0 radical (unpaired) electrons. The van der Waals surface area contributed by atoms with Crippen LogP contribution in [0.1, 0.15) is 61.2 Å². The number of hydrogen-bond donors (Lipinski definition) is 1. The van der Waals surface area contributed by atoms with E-state index in [1.165, 1.54) is 18.1 Å². The van der Waals surface area contributed by atoms with Gasteiger partial charge in [-0.2, -0.15) is 0 Å². The molecule has 2 N–H and O–H groups in total. The van der Waals surface area contributed by atoms with E-state index in [1.54, 1.807) is 6.07 Å². The number of rotatable bonds is 9. The molecule has 2 aromatic carbocycles. The van der Waals surface area contributed by atoms with Gasteiger partial charge in [0.25, 0.3) is 5.91 Å². The summed E-state index contributed by atoms with van der Waals surface area (Å²) in [6, 6.07) is 16.9. The second-order valence-electron chi connectivity index (χ2n) is 10.2. The number of nitrogens with zero attached hydrogens (tertiary/aromatic N) is 3. The summed E-state index contributed by atoms with van der Waals surface area (Å²) < 4.78 is 7.69. The number of likely N-dealkylation sites (tertiary alicyclic amines) is 1. The van der Waals surface area contributed by atoms with Crippen LogP contribution in [-0.2, 0) is 28.1 Å². The summed E-state index contributed by atoms with van der Waals surface area (Å²) in [5.74, 6) is -0.844. The van der Waals surface area contributed by atoms with E-state index < -0.39 is 23.0 Å². The van der Waals surface area contributed by atoms with Gasteiger partial charge in [0.2, 0.25) is 5.91 Å². The summed E-state index contributed by atoms with van der Waals surface area (Å²) in [5.41, 5.74) is 6.72. The number of oxime groups is 1. The Bertz CT molecular complexity index is 1680. The average molecular weight is 543 g/mol. The number of nitrogens with two attached hydrogens (primary N) is 1. The number of unbranched alkanes of at least 4 members (excludes halogenated alkanes) is 2. The van der Waals surface area contributed by atoms with Crippen LogP contribution in [0.15, 0.2) is 69.0 Å². The predicted molar refractivity (Wildman–Crippen MR) is 154 cm³/mol. The highest BCUT2D eigenvalue weighted by Crippen LogP contribution is 2.41. The second kappa shape index (κ2) is 11.0. The SMILES string of the molecule is CCCCCc1ccc(C(=O)N2CC(=NOC)CC2(C(N)=O)c2ccc3c(c2)c2ccccc2n3CC)c(=O)o1. The molecule has 1 unspecified atom stereocenters. The Labute approximate surface area is 232 Å². The van der Waals surface area contributed by atoms with E-state index in [9.17, 15) is 14.4 Å². The molecule has 0 aliphatic carbocycles. The van der Waals surface area contributed by atoms with Gasteiger partial charge in [-0.05, 0) is 49.2 Å². The van der Waals surface area contributed by atoms with Crippen molar-refractivity contribution >= 4 is 39.3 Å². The van der Waals surface area contributed by atoms with Gasteiger partial charge in [0.15, 0.2) is 5.54 Å². The van der Waals surface area contributed by atoms with E-state index in [-0.39, 0.29) is 18.5 Å². The summed E-state index contributed by atoms with van der Waals surface area (Å²) in [7, 11) is 1.40. The quantitative estimate of drug-likeness (QED) is 0.242. The molecule has 4 aromatic rings. The van der Waals surface area contributed by atoms with Crippen molar-refractivity contribution in [3.05, 3.63) is 81.9 Å². The van der Waals surface area contributed by atoms with Gasteiger partial charge in [0.1, 0.15) is 18.4 Å². The van der Waals surface area contributed by atoms with Crippen molar-refractivity contribution in [1.29, 1.82) is 0 Å². The number of benzene rings is 2. The molecular weight excluding hydrogens is 508 g/mol. The largest absolute Gasteiger partial charge is 0.427 e. The summed E-state index contributed by atoms with van der Waals surface area (Å²) in [6.45, 7) is 4.92. The molecule has 2 aromatic heterocycles. The molecular formula is C31H34N4O5. The van der Waals surface area contributed by atoms with Gasteiger partial charge in [-0.1, -0.05) is 49.2 Å². The van der Waals surface area contributed by atoms with Gasteiger partial charge >= 0.3 is 5.63 Å². The van der Waals surface area contributed by atoms with Crippen LogP contribution in [-0.4, -0.2) is 40.6 Å². The van der Waals surface area contributed by atoms with Gasteiger partial charge in [-0.15, -0.1) is 0 Å². The van der Waals surface area contributed by atoms with Crippen molar-refractivity contribution in [2.45, 2.75) is 58.0 Å². The number of aryl methyl sites for hydroxylation is 2. The molecule has 3 heterocycles. The normalized spacial score (nSPS) is 18.2. The number of para-hydroxylation sites is 1. The number of primary amides is 1. The highest BCUT2D eigenvalue weighted by molar-refractivity contribution is 6.11. The third-order valence-electron chi connectivity index (χ3n) is 7.84. The Balaban J connectivity index is 1.64. The maximum Gasteiger partial charge on any atom is 0.348 e. The van der Waals surface area contributed by atoms with Gasteiger partial charge < -0.3 is 24.5 Å². The van der Waals surface area contributed by atoms with Crippen LogP contribution < -0.4 is 11.4 Å². The fourth-order valence-electron chi connectivity index (χ4n) is 5.91. The maximum absolute atomic E-state index is 14.0. The molecule has 2 amide bonds. The first-order chi connectivity index (χ1) is 19.3. The Kier molecular flexibility index (Phi) is 7.47. The van der Waals surface area contributed by atoms with Crippen molar-refractivity contribution < 1.29 is 18.8 Å². The van der Waals surface area contributed by atoms with Crippen molar-refractivity contribution in [1.82, 2.24) is 9.47 Å². The number of amides is 2. The number of carbonyl (C=O) groups excluding carboxylic acids is 2. The standard InChI is InChI=1S/C31H34N4O5/c1-4-6-7-10-22-14-15-24(29(37)40-22)28(36)35-19-21(33-39-3)18-31(35,30(32)38)20-13-16-27-25(17-20)23-11-8-9-12-26(23)34(27)5-2/h8-9,11-17H,4-7,10,18-19H2,1-3H3,(H2,32,38). The summed E-state index contributed by atoms with van der Waals surface area (Å²) >= 11 is 0. The Morgan fingerprint density at radius 2 is 1.82 bits per heavy atom. The molecule has 9 heteroatoms. The highest BCUT2D eigenvalue weighted by Gasteiger charge is 2.53. The van der Waals surface area contributed by atoms with Crippen LogP contribution >= 0.6 is 0 Å². The lowest BCUT2D eigenvalue weighted by molar-refractivity contribution is -0.127. The first-order valence-corrected chi connectivity index (χ1v) is 13.7. The number of aromatic nitrogens is 1. The molecule has 1 aliphatic rings. The minimum Gasteiger partial charge on any atom is -0.427 e. The third-order valence-corrected chi connectivity index (χ3v) is 7.84. The van der Waals surface area contributed by atoms with Gasteiger partial charge in [0.05, 0.1) is 12.3 Å². The zero-order chi connectivity index (χ0) is 28.4. The molecule has 1 aliphatic heterocycles. The average Bonchev–Trinajstić information content (AvgIpc) is 3.49. The van der Waals surface area contributed by atoms with Crippen molar-refractivity contribution in [3.63, 3.8) is 0 Å². The minimum absolute atomic E-state index is 0.0257. The molecule has 5 rings (SSSR count). The van der Waals surface area contributed by atoms with E-state index in [4.69, 9.17) is 15.0 Å². The third kappa shape index (κ3) is 4.45. The number of fused-ring (bicyclic) bond motifs is 3. The fraction of sp³-hybridized carbons (Fsp3) is 0.355. The zero-order valence-electron chi connectivity index (χ0n) is 23.1. The molecule has 1 saturated heterocycles. The van der Waals surface area contributed by atoms with E-state index in [2.05, 4.69) is 29.6 Å². The molecule has 0 bridgehead atoms. The van der Waals surface area contributed by atoms with Crippen LogP contribution in [0.5, 0.6) is 0 Å². The topological polar surface area (TPSA) is 120 Å².